The van der Waals surface area contributed by atoms with E-state index in [4.69, 9.17) is 9.84 Å². The Balaban J connectivity index is 1.47. The lowest BCUT2D eigenvalue weighted by Crippen LogP contribution is -2.55. The zero-order valence-electron chi connectivity index (χ0n) is 15.4. The molecular formula is C19H25N3O5. The van der Waals surface area contributed by atoms with Gasteiger partial charge in [0.2, 0.25) is 0 Å². The van der Waals surface area contributed by atoms with Gasteiger partial charge in [-0.3, -0.25) is 4.79 Å². The zero-order chi connectivity index (χ0) is 19.4. The summed E-state index contributed by atoms with van der Waals surface area (Å²) in [5.74, 6) is -1.20. The molecule has 146 valence electrons. The average Bonchev–Trinajstić information content (AvgIpc) is 3.18. The van der Waals surface area contributed by atoms with E-state index in [9.17, 15) is 14.4 Å². The third-order valence-corrected chi connectivity index (χ3v) is 5.02. The van der Waals surface area contributed by atoms with E-state index in [1.165, 1.54) is 0 Å². The molecule has 0 radical (unpaired) electrons. The number of rotatable bonds is 4. The number of amides is 3. The molecule has 2 heterocycles. The van der Waals surface area contributed by atoms with Crippen LogP contribution in [-0.4, -0.2) is 83.1 Å². The molecule has 1 aromatic rings. The monoisotopic (exact) mass is 375 g/mol. The number of piperazine rings is 1. The van der Waals surface area contributed by atoms with Gasteiger partial charge in [0.15, 0.2) is 6.10 Å². The highest BCUT2D eigenvalue weighted by Crippen LogP contribution is 2.22. The summed E-state index contributed by atoms with van der Waals surface area (Å²) in [6.45, 7) is 2.31. The second-order valence-electron chi connectivity index (χ2n) is 6.97. The molecule has 0 unspecified atom stereocenters. The quantitative estimate of drug-likeness (QED) is 0.848. The molecule has 8 nitrogen and oxygen atoms in total. The van der Waals surface area contributed by atoms with Crippen molar-refractivity contribution in [2.75, 3.05) is 33.2 Å². The molecule has 0 bridgehead atoms. The van der Waals surface area contributed by atoms with Gasteiger partial charge in [0.1, 0.15) is 6.10 Å². The molecule has 8 heteroatoms. The molecule has 1 aromatic carbocycles. The Bertz CT molecular complexity index is 688. The van der Waals surface area contributed by atoms with Crippen LogP contribution in [0.4, 0.5) is 4.79 Å². The summed E-state index contributed by atoms with van der Waals surface area (Å²) in [4.78, 5) is 41.2. The number of carbonyl (C=O) groups excluding carboxylic acids is 2. The summed E-state index contributed by atoms with van der Waals surface area (Å²) in [5.41, 5.74) is 1.06. The van der Waals surface area contributed by atoms with Crippen molar-refractivity contribution in [1.82, 2.24) is 14.7 Å². The van der Waals surface area contributed by atoms with E-state index >= 15 is 0 Å². The third kappa shape index (κ3) is 4.57. The topological polar surface area (TPSA) is 90.4 Å². The SMILES string of the molecule is CN(Cc1ccccc1)C(=O)N1CCN(C(=O)[C@@H]2CC[C@H](C(=O)O)O2)CC1. The van der Waals surface area contributed by atoms with Crippen LogP contribution in [0.2, 0.25) is 0 Å². The van der Waals surface area contributed by atoms with Crippen LogP contribution < -0.4 is 0 Å². The summed E-state index contributed by atoms with van der Waals surface area (Å²) in [7, 11) is 1.77. The normalized spacial score (nSPS) is 22.6. The number of nitrogens with zero attached hydrogens (tertiary/aromatic N) is 3. The largest absolute Gasteiger partial charge is 0.479 e. The Morgan fingerprint density at radius 1 is 1.04 bits per heavy atom. The molecule has 27 heavy (non-hydrogen) atoms. The summed E-state index contributed by atoms with van der Waals surface area (Å²) in [5, 5.41) is 8.98. The molecule has 2 aliphatic rings. The van der Waals surface area contributed by atoms with E-state index in [0.717, 1.165) is 5.56 Å². The van der Waals surface area contributed by atoms with E-state index in [2.05, 4.69) is 0 Å². The fraction of sp³-hybridized carbons (Fsp3) is 0.526. The van der Waals surface area contributed by atoms with E-state index in [0.29, 0.717) is 45.6 Å². The highest BCUT2D eigenvalue weighted by atomic mass is 16.5. The molecule has 3 amide bonds. The van der Waals surface area contributed by atoms with Gasteiger partial charge >= 0.3 is 12.0 Å². The van der Waals surface area contributed by atoms with Crippen molar-refractivity contribution < 1.29 is 24.2 Å². The average molecular weight is 375 g/mol. The molecule has 2 atom stereocenters. The van der Waals surface area contributed by atoms with Gasteiger partial charge in [0.25, 0.3) is 5.91 Å². The van der Waals surface area contributed by atoms with Crippen molar-refractivity contribution in [2.45, 2.75) is 31.6 Å². The predicted molar refractivity (Wildman–Crippen MR) is 97.0 cm³/mol. The van der Waals surface area contributed by atoms with Crippen molar-refractivity contribution in [2.24, 2.45) is 0 Å². The minimum absolute atomic E-state index is 0.0611. The molecule has 1 N–H and O–H groups in total. The van der Waals surface area contributed by atoms with E-state index in [1.807, 2.05) is 30.3 Å². The number of urea groups is 1. The standard InChI is InChI=1S/C19H25N3O5/c1-20(13-14-5-3-2-4-6-14)19(26)22-11-9-21(10-12-22)17(23)15-7-8-16(27-15)18(24)25/h2-6,15-16H,7-13H2,1H3,(H,24,25)/t15-,16+/m0/s1. The Hall–Kier alpha value is -2.61. The summed E-state index contributed by atoms with van der Waals surface area (Å²) in [6, 6.07) is 9.72. The summed E-state index contributed by atoms with van der Waals surface area (Å²) < 4.78 is 5.34. The van der Waals surface area contributed by atoms with Gasteiger partial charge in [-0.2, -0.15) is 0 Å². The molecule has 2 aliphatic heterocycles. The van der Waals surface area contributed by atoms with E-state index < -0.39 is 18.2 Å². The van der Waals surface area contributed by atoms with Crippen LogP contribution in [0.3, 0.4) is 0 Å². The molecular weight excluding hydrogens is 350 g/mol. The van der Waals surface area contributed by atoms with E-state index in [-0.39, 0.29) is 11.9 Å². The van der Waals surface area contributed by atoms with Gasteiger partial charge in [-0.1, -0.05) is 30.3 Å². The second kappa shape index (κ2) is 8.39. The Labute approximate surface area is 158 Å². The highest BCUT2D eigenvalue weighted by Gasteiger charge is 2.38. The van der Waals surface area contributed by atoms with Gasteiger partial charge < -0.3 is 24.5 Å². The smallest absolute Gasteiger partial charge is 0.332 e. The first-order valence-corrected chi connectivity index (χ1v) is 9.16. The molecule has 3 rings (SSSR count). The second-order valence-corrected chi connectivity index (χ2v) is 6.97. The number of carboxylic acids is 1. The van der Waals surface area contributed by atoms with E-state index in [1.54, 1.807) is 21.7 Å². The van der Waals surface area contributed by atoms with Crippen LogP contribution >= 0.6 is 0 Å². The summed E-state index contributed by atoms with van der Waals surface area (Å²) >= 11 is 0. The van der Waals surface area contributed by atoms with Crippen LogP contribution in [0, 0.1) is 0 Å². The van der Waals surface area contributed by atoms with Crippen molar-refractivity contribution in [3.63, 3.8) is 0 Å². The van der Waals surface area contributed by atoms with Gasteiger partial charge in [0.05, 0.1) is 0 Å². The van der Waals surface area contributed by atoms with Crippen molar-refractivity contribution in [3.05, 3.63) is 35.9 Å². The fourth-order valence-electron chi connectivity index (χ4n) is 3.49. The number of ether oxygens (including phenoxy) is 1. The molecule has 0 aliphatic carbocycles. The van der Waals surface area contributed by atoms with Crippen LogP contribution in [0.1, 0.15) is 18.4 Å². The maximum absolute atomic E-state index is 12.6. The lowest BCUT2D eigenvalue weighted by molar-refractivity contribution is -0.155. The van der Waals surface area contributed by atoms with Gasteiger partial charge in [0, 0.05) is 39.8 Å². The first-order chi connectivity index (χ1) is 13.0. The van der Waals surface area contributed by atoms with Crippen molar-refractivity contribution >= 4 is 17.9 Å². The predicted octanol–water partition coefficient (Wildman–Crippen LogP) is 1.01. The lowest BCUT2D eigenvalue weighted by Gasteiger charge is -2.37. The minimum Gasteiger partial charge on any atom is -0.479 e. The third-order valence-electron chi connectivity index (χ3n) is 5.02. The molecule has 2 fully saturated rings. The lowest BCUT2D eigenvalue weighted by atomic mass is 10.1. The number of hydrogen-bond donors (Lipinski definition) is 1. The van der Waals surface area contributed by atoms with Crippen LogP contribution in [-0.2, 0) is 20.9 Å². The Kier molecular flexibility index (Phi) is 5.95. The Morgan fingerprint density at radius 2 is 1.63 bits per heavy atom. The molecule has 2 saturated heterocycles. The number of carboxylic acid groups (broad SMARTS) is 1. The maximum atomic E-state index is 12.6. The number of benzene rings is 1. The maximum Gasteiger partial charge on any atom is 0.332 e. The van der Waals surface area contributed by atoms with Gasteiger partial charge in [-0.05, 0) is 18.4 Å². The van der Waals surface area contributed by atoms with Crippen molar-refractivity contribution in [1.29, 1.82) is 0 Å². The molecule has 0 spiro atoms. The highest BCUT2D eigenvalue weighted by molar-refractivity contribution is 5.83. The molecule has 0 aromatic heterocycles. The van der Waals surface area contributed by atoms with Crippen LogP contribution in [0.15, 0.2) is 30.3 Å². The molecule has 0 saturated carbocycles. The number of hydrogen-bond acceptors (Lipinski definition) is 4. The number of carbonyl (C=O) groups is 3. The minimum atomic E-state index is -1.03. The van der Waals surface area contributed by atoms with Crippen molar-refractivity contribution in [3.8, 4) is 0 Å². The summed E-state index contributed by atoms with van der Waals surface area (Å²) in [6.07, 6.45) is -0.800. The van der Waals surface area contributed by atoms with Gasteiger partial charge in [-0.15, -0.1) is 0 Å². The first-order valence-electron chi connectivity index (χ1n) is 9.16. The fourth-order valence-corrected chi connectivity index (χ4v) is 3.49. The first kappa shape index (κ1) is 19.2. The van der Waals surface area contributed by atoms with Gasteiger partial charge in [-0.25, -0.2) is 9.59 Å². The van der Waals surface area contributed by atoms with Crippen LogP contribution in [0.5, 0.6) is 0 Å². The number of aliphatic carboxylic acids is 1. The Morgan fingerprint density at radius 3 is 2.22 bits per heavy atom. The zero-order valence-corrected chi connectivity index (χ0v) is 15.4. The van der Waals surface area contributed by atoms with Crippen LogP contribution in [0.25, 0.3) is 0 Å².